The summed E-state index contributed by atoms with van der Waals surface area (Å²) < 4.78 is 0.958. The first-order chi connectivity index (χ1) is 8.13. The van der Waals surface area contributed by atoms with Crippen molar-refractivity contribution in [3.05, 3.63) is 33.6 Å². The number of thiophene rings is 1. The van der Waals surface area contributed by atoms with E-state index in [0.717, 1.165) is 26.2 Å². The molecule has 0 fully saturated rings. The van der Waals surface area contributed by atoms with Crippen LogP contribution in [0.2, 0.25) is 0 Å². The van der Waals surface area contributed by atoms with E-state index in [-0.39, 0.29) is 0 Å². The van der Waals surface area contributed by atoms with Crippen LogP contribution in [0.4, 0.5) is 5.69 Å². The fraction of sp³-hybridized carbons (Fsp3) is 0.0833. The van der Waals surface area contributed by atoms with E-state index in [2.05, 4.69) is 45.0 Å². The second-order valence-electron chi connectivity index (χ2n) is 3.89. The Kier molecular flexibility index (Phi) is 2.45. The van der Waals surface area contributed by atoms with Gasteiger partial charge in [0.1, 0.15) is 11.3 Å². The number of rotatable bonds is 1. The molecule has 0 atom stereocenters. The van der Waals surface area contributed by atoms with Crippen LogP contribution in [-0.2, 0) is 0 Å². The number of nitrogens with zero attached hydrogens (tertiary/aromatic N) is 1. The quantitative estimate of drug-likeness (QED) is 0.669. The first-order valence-corrected chi connectivity index (χ1v) is 6.76. The van der Waals surface area contributed by atoms with Gasteiger partial charge in [0.05, 0.1) is 16.1 Å². The number of aromatic amines is 1. The van der Waals surface area contributed by atoms with Crippen LogP contribution in [-0.4, -0.2) is 9.97 Å². The average molecular weight is 308 g/mol. The van der Waals surface area contributed by atoms with Gasteiger partial charge >= 0.3 is 0 Å². The maximum absolute atomic E-state index is 5.94. The van der Waals surface area contributed by atoms with Gasteiger partial charge in [-0.15, -0.1) is 11.3 Å². The number of hydrogen-bond donors (Lipinski definition) is 2. The summed E-state index contributed by atoms with van der Waals surface area (Å²) in [5.41, 5.74) is 8.41. The SMILES string of the molecule is Cc1ccc(-c2nc3c(N)cc(Br)cc3[nH]2)s1. The zero-order valence-corrected chi connectivity index (χ0v) is 11.5. The zero-order valence-electron chi connectivity index (χ0n) is 9.12. The maximum atomic E-state index is 5.94. The van der Waals surface area contributed by atoms with E-state index in [1.54, 1.807) is 11.3 Å². The largest absolute Gasteiger partial charge is 0.397 e. The van der Waals surface area contributed by atoms with Gasteiger partial charge in [-0.1, -0.05) is 15.9 Å². The predicted molar refractivity (Wildman–Crippen MR) is 76.3 cm³/mol. The van der Waals surface area contributed by atoms with Crippen LogP contribution in [0.1, 0.15) is 4.88 Å². The molecule has 0 aliphatic heterocycles. The summed E-state index contributed by atoms with van der Waals surface area (Å²) in [6, 6.07) is 8.02. The predicted octanol–water partition coefficient (Wildman–Crippen LogP) is 3.94. The standard InChI is InChI=1S/C12H10BrN3S/c1-6-2-3-10(17-6)12-15-9-5-7(13)4-8(14)11(9)16-12/h2-5H,14H2,1H3,(H,15,16). The molecule has 0 amide bonds. The number of H-pyrrole nitrogens is 1. The lowest BCUT2D eigenvalue weighted by Gasteiger charge is -1.94. The fourth-order valence-electron chi connectivity index (χ4n) is 1.79. The Morgan fingerprint density at radius 1 is 1.35 bits per heavy atom. The molecule has 0 bridgehead atoms. The number of imidazole rings is 1. The Labute approximate surface area is 111 Å². The van der Waals surface area contributed by atoms with Crippen molar-refractivity contribution in [1.29, 1.82) is 0 Å². The van der Waals surface area contributed by atoms with Gasteiger partial charge in [-0.2, -0.15) is 0 Å². The van der Waals surface area contributed by atoms with E-state index < -0.39 is 0 Å². The monoisotopic (exact) mass is 307 g/mol. The topological polar surface area (TPSA) is 54.7 Å². The summed E-state index contributed by atoms with van der Waals surface area (Å²) in [5, 5.41) is 0. The molecule has 0 aliphatic rings. The number of halogens is 1. The molecule has 3 nitrogen and oxygen atoms in total. The number of hydrogen-bond acceptors (Lipinski definition) is 3. The van der Waals surface area contributed by atoms with E-state index in [1.165, 1.54) is 4.88 Å². The number of aromatic nitrogens is 2. The van der Waals surface area contributed by atoms with Crippen molar-refractivity contribution in [1.82, 2.24) is 9.97 Å². The van der Waals surface area contributed by atoms with Gasteiger partial charge in [-0.25, -0.2) is 4.98 Å². The van der Waals surface area contributed by atoms with Crippen molar-refractivity contribution < 1.29 is 0 Å². The molecule has 3 aromatic rings. The number of aryl methyl sites for hydroxylation is 1. The second kappa shape index (κ2) is 3.85. The third-order valence-electron chi connectivity index (χ3n) is 2.55. The zero-order chi connectivity index (χ0) is 12.0. The Morgan fingerprint density at radius 3 is 2.88 bits per heavy atom. The maximum Gasteiger partial charge on any atom is 0.148 e. The van der Waals surface area contributed by atoms with Crippen molar-refractivity contribution >= 4 is 44.0 Å². The van der Waals surface area contributed by atoms with Crippen molar-refractivity contribution in [2.45, 2.75) is 6.92 Å². The lowest BCUT2D eigenvalue weighted by atomic mass is 10.3. The summed E-state index contributed by atoms with van der Waals surface area (Å²) in [5.74, 6) is 0.878. The lowest BCUT2D eigenvalue weighted by molar-refractivity contribution is 1.36. The van der Waals surface area contributed by atoms with Crippen LogP contribution >= 0.6 is 27.3 Å². The first-order valence-electron chi connectivity index (χ1n) is 5.15. The Hall–Kier alpha value is -1.33. The fourth-order valence-corrected chi connectivity index (χ4v) is 3.07. The minimum atomic E-state index is 0.685. The lowest BCUT2D eigenvalue weighted by Crippen LogP contribution is -1.86. The number of benzene rings is 1. The van der Waals surface area contributed by atoms with Crippen LogP contribution in [0.15, 0.2) is 28.7 Å². The number of nitrogens with one attached hydrogen (secondary N) is 1. The van der Waals surface area contributed by atoms with E-state index in [4.69, 9.17) is 5.73 Å². The molecular weight excluding hydrogens is 298 g/mol. The Morgan fingerprint density at radius 2 is 2.18 bits per heavy atom. The minimum Gasteiger partial charge on any atom is -0.397 e. The Balaban J connectivity index is 2.23. The van der Waals surface area contributed by atoms with Crippen molar-refractivity contribution in [3.8, 4) is 10.7 Å². The highest BCUT2D eigenvalue weighted by molar-refractivity contribution is 9.10. The summed E-state index contributed by atoms with van der Waals surface area (Å²) in [4.78, 5) is 10.2. The van der Waals surface area contributed by atoms with Gasteiger partial charge in [0.2, 0.25) is 0 Å². The smallest absolute Gasteiger partial charge is 0.148 e. The molecule has 5 heteroatoms. The summed E-state index contributed by atoms with van der Waals surface area (Å²) in [7, 11) is 0. The van der Waals surface area contributed by atoms with Crippen LogP contribution < -0.4 is 5.73 Å². The average Bonchev–Trinajstić information content (AvgIpc) is 2.83. The first kappa shape index (κ1) is 10.8. The highest BCUT2D eigenvalue weighted by atomic mass is 79.9. The van der Waals surface area contributed by atoms with Crippen LogP contribution in [0.5, 0.6) is 0 Å². The summed E-state index contributed by atoms with van der Waals surface area (Å²) >= 11 is 5.15. The number of nitrogens with two attached hydrogens (primary N) is 1. The van der Waals surface area contributed by atoms with Crippen LogP contribution in [0, 0.1) is 6.92 Å². The molecule has 3 rings (SSSR count). The summed E-state index contributed by atoms with van der Waals surface area (Å²) in [6.45, 7) is 2.09. The summed E-state index contributed by atoms with van der Waals surface area (Å²) in [6.07, 6.45) is 0. The third kappa shape index (κ3) is 1.85. The van der Waals surface area contributed by atoms with Gasteiger partial charge in [0.25, 0.3) is 0 Å². The van der Waals surface area contributed by atoms with Crippen molar-refractivity contribution in [2.24, 2.45) is 0 Å². The molecule has 2 heterocycles. The molecule has 2 aromatic heterocycles. The van der Waals surface area contributed by atoms with Crippen molar-refractivity contribution in [3.63, 3.8) is 0 Å². The normalized spacial score (nSPS) is 11.2. The molecule has 0 saturated carbocycles. The molecule has 86 valence electrons. The van der Waals surface area contributed by atoms with E-state index in [9.17, 15) is 0 Å². The molecule has 0 spiro atoms. The molecular formula is C12H10BrN3S. The number of anilines is 1. The molecule has 0 unspecified atom stereocenters. The van der Waals surface area contributed by atoms with Gasteiger partial charge < -0.3 is 10.7 Å². The van der Waals surface area contributed by atoms with Gasteiger partial charge in [0.15, 0.2) is 0 Å². The van der Waals surface area contributed by atoms with E-state index in [0.29, 0.717) is 5.69 Å². The van der Waals surface area contributed by atoms with Gasteiger partial charge in [-0.3, -0.25) is 0 Å². The van der Waals surface area contributed by atoms with Gasteiger partial charge in [-0.05, 0) is 31.2 Å². The number of nitrogen functional groups attached to an aromatic ring is 1. The van der Waals surface area contributed by atoms with Gasteiger partial charge in [0, 0.05) is 9.35 Å². The molecule has 1 aromatic carbocycles. The highest BCUT2D eigenvalue weighted by Gasteiger charge is 2.09. The van der Waals surface area contributed by atoms with Crippen molar-refractivity contribution in [2.75, 3.05) is 5.73 Å². The molecule has 0 radical (unpaired) electrons. The Bertz CT molecular complexity index is 699. The van der Waals surface area contributed by atoms with E-state index in [1.807, 2.05) is 12.1 Å². The molecule has 3 N–H and O–H groups in total. The molecule has 0 aliphatic carbocycles. The van der Waals surface area contributed by atoms with Crippen LogP contribution in [0.3, 0.4) is 0 Å². The third-order valence-corrected chi connectivity index (χ3v) is 4.02. The molecule has 17 heavy (non-hydrogen) atoms. The molecule has 0 saturated heterocycles. The second-order valence-corrected chi connectivity index (χ2v) is 6.09. The van der Waals surface area contributed by atoms with E-state index >= 15 is 0 Å². The highest BCUT2D eigenvalue weighted by Crippen LogP contribution is 2.30. The number of fused-ring (bicyclic) bond motifs is 1. The van der Waals surface area contributed by atoms with Crippen LogP contribution in [0.25, 0.3) is 21.7 Å². The minimum absolute atomic E-state index is 0.685.